The number of carbonyl (C=O) groups excluding carboxylic acids is 3. The Bertz CT molecular complexity index is 494. The Hall–Kier alpha value is -2.25. The highest BCUT2D eigenvalue weighted by atomic mass is 16.2. The lowest BCUT2D eigenvalue weighted by atomic mass is 9.89. The first-order valence-electron chi connectivity index (χ1n) is 5.44. The summed E-state index contributed by atoms with van der Waals surface area (Å²) in [4.78, 5) is 36.1. The number of rotatable bonds is 3. The summed E-state index contributed by atoms with van der Waals surface area (Å²) in [5.74, 6) is -1.08. The van der Waals surface area contributed by atoms with Crippen molar-refractivity contribution in [3.05, 3.63) is 12.4 Å². The Morgan fingerprint density at radius 1 is 1.28 bits per heavy atom. The van der Waals surface area contributed by atoms with Gasteiger partial charge in [-0.25, -0.2) is 4.79 Å². The van der Waals surface area contributed by atoms with Gasteiger partial charge in [0.05, 0.1) is 19.3 Å². The number of hydrogen-bond donors (Lipinski definition) is 1. The summed E-state index contributed by atoms with van der Waals surface area (Å²) in [6, 6.07) is -0.690. The van der Waals surface area contributed by atoms with E-state index in [2.05, 4.69) is 15.6 Å². The molecule has 0 spiro atoms. The van der Waals surface area contributed by atoms with Gasteiger partial charge in [0.1, 0.15) is 5.41 Å². The summed E-state index contributed by atoms with van der Waals surface area (Å²) in [5, 5.41) is 9.51. The van der Waals surface area contributed by atoms with Gasteiger partial charge in [-0.15, -0.1) is 5.10 Å². The zero-order chi connectivity index (χ0) is 13.3. The minimum atomic E-state index is -1.23. The van der Waals surface area contributed by atoms with Crippen LogP contribution in [0.5, 0.6) is 0 Å². The third kappa shape index (κ3) is 1.96. The molecule has 8 heteroatoms. The quantitative estimate of drug-likeness (QED) is 0.722. The second kappa shape index (κ2) is 4.21. The molecule has 0 aromatic carbocycles. The molecule has 1 aliphatic rings. The van der Waals surface area contributed by atoms with Crippen molar-refractivity contribution in [1.82, 2.24) is 25.2 Å². The first kappa shape index (κ1) is 12.2. The van der Waals surface area contributed by atoms with Crippen LogP contribution in [0.4, 0.5) is 4.79 Å². The molecule has 0 aliphatic carbocycles. The van der Waals surface area contributed by atoms with Gasteiger partial charge in [0, 0.05) is 6.20 Å². The second-order valence-electron chi connectivity index (χ2n) is 4.51. The van der Waals surface area contributed by atoms with Crippen LogP contribution in [0.25, 0.3) is 0 Å². The highest BCUT2D eigenvalue weighted by Crippen LogP contribution is 2.23. The Morgan fingerprint density at radius 2 is 2.00 bits per heavy atom. The van der Waals surface area contributed by atoms with Crippen molar-refractivity contribution in [1.29, 1.82) is 0 Å². The highest BCUT2D eigenvalue weighted by Gasteiger charge is 2.46. The van der Waals surface area contributed by atoms with Crippen LogP contribution in [0, 0.1) is 5.41 Å². The van der Waals surface area contributed by atoms with Gasteiger partial charge in [-0.2, -0.15) is 0 Å². The van der Waals surface area contributed by atoms with Crippen molar-refractivity contribution in [2.45, 2.75) is 20.4 Å². The Balaban J connectivity index is 2.09. The molecule has 18 heavy (non-hydrogen) atoms. The molecule has 96 valence electrons. The molecule has 0 radical (unpaired) electrons. The molecule has 1 saturated heterocycles. The number of amides is 4. The lowest BCUT2D eigenvalue weighted by Crippen LogP contribution is -2.62. The molecule has 0 saturated carbocycles. The van der Waals surface area contributed by atoms with E-state index in [0.29, 0.717) is 6.54 Å². The van der Waals surface area contributed by atoms with Crippen LogP contribution in [0.1, 0.15) is 13.8 Å². The largest absolute Gasteiger partial charge is 0.330 e. The predicted molar refractivity (Wildman–Crippen MR) is 59.1 cm³/mol. The summed E-state index contributed by atoms with van der Waals surface area (Å²) in [7, 11) is 0. The first-order chi connectivity index (χ1) is 8.43. The molecule has 1 aromatic heterocycles. The molecule has 0 bridgehead atoms. The predicted octanol–water partition coefficient (Wildman–Crippen LogP) is -0.617. The van der Waals surface area contributed by atoms with Gasteiger partial charge in [0.25, 0.3) is 0 Å². The minimum absolute atomic E-state index is 0.144. The van der Waals surface area contributed by atoms with Crippen LogP contribution in [-0.4, -0.2) is 44.3 Å². The fraction of sp³-hybridized carbons (Fsp3) is 0.500. The fourth-order valence-electron chi connectivity index (χ4n) is 1.61. The summed E-state index contributed by atoms with van der Waals surface area (Å²) < 4.78 is 1.50. The maximum Gasteiger partial charge on any atom is 0.330 e. The smallest absolute Gasteiger partial charge is 0.277 e. The monoisotopic (exact) mass is 251 g/mol. The van der Waals surface area contributed by atoms with E-state index in [1.807, 2.05) is 0 Å². The number of urea groups is 1. The summed E-state index contributed by atoms with van der Waals surface area (Å²) in [6.07, 6.45) is 3.13. The summed E-state index contributed by atoms with van der Waals surface area (Å²) in [6.45, 7) is 3.45. The van der Waals surface area contributed by atoms with Gasteiger partial charge in [-0.05, 0) is 13.8 Å². The van der Waals surface area contributed by atoms with Crippen LogP contribution in [0.3, 0.4) is 0 Å². The fourth-order valence-corrected chi connectivity index (χ4v) is 1.61. The lowest BCUT2D eigenvalue weighted by molar-refractivity contribution is -0.149. The molecule has 2 heterocycles. The molecule has 1 aromatic rings. The molecule has 1 N–H and O–H groups in total. The standard InChI is InChI=1S/C10H13N5O3/c1-10(2)7(16)12-9(18)15(8(10)17)6-5-14-4-3-11-13-14/h3-4H,5-6H2,1-2H3,(H,12,16,18). The van der Waals surface area contributed by atoms with Gasteiger partial charge in [-0.3, -0.25) is 24.5 Å². The third-order valence-corrected chi connectivity index (χ3v) is 2.84. The van der Waals surface area contributed by atoms with Crippen molar-refractivity contribution in [3.8, 4) is 0 Å². The van der Waals surface area contributed by atoms with Crippen molar-refractivity contribution in [3.63, 3.8) is 0 Å². The average Bonchev–Trinajstić information content (AvgIpc) is 2.80. The van der Waals surface area contributed by atoms with Crippen LogP contribution in [-0.2, 0) is 16.1 Å². The Kier molecular flexibility index (Phi) is 2.85. The van der Waals surface area contributed by atoms with E-state index in [4.69, 9.17) is 0 Å². The van der Waals surface area contributed by atoms with E-state index in [9.17, 15) is 14.4 Å². The molecule has 0 atom stereocenters. The summed E-state index contributed by atoms with van der Waals surface area (Å²) >= 11 is 0. The number of nitrogens with zero attached hydrogens (tertiary/aromatic N) is 4. The average molecular weight is 251 g/mol. The minimum Gasteiger partial charge on any atom is -0.277 e. The number of carbonyl (C=O) groups is 3. The number of nitrogens with one attached hydrogen (secondary N) is 1. The molecule has 8 nitrogen and oxygen atoms in total. The van der Waals surface area contributed by atoms with Crippen LogP contribution in [0.15, 0.2) is 12.4 Å². The topological polar surface area (TPSA) is 97.2 Å². The van der Waals surface area contributed by atoms with Crippen LogP contribution in [0.2, 0.25) is 0 Å². The van der Waals surface area contributed by atoms with E-state index >= 15 is 0 Å². The van der Waals surface area contributed by atoms with Crippen molar-refractivity contribution >= 4 is 17.8 Å². The normalized spacial score (nSPS) is 19.0. The highest BCUT2D eigenvalue weighted by molar-refractivity contribution is 6.18. The van der Waals surface area contributed by atoms with Crippen molar-refractivity contribution < 1.29 is 14.4 Å². The summed E-state index contributed by atoms with van der Waals surface area (Å²) in [5.41, 5.74) is -1.23. The molecule has 2 rings (SSSR count). The van der Waals surface area contributed by atoms with Gasteiger partial charge in [0.15, 0.2) is 0 Å². The maximum absolute atomic E-state index is 12.0. The molecule has 1 aliphatic heterocycles. The zero-order valence-corrected chi connectivity index (χ0v) is 10.1. The first-order valence-corrected chi connectivity index (χ1v) is 5.44. The van der Waals surface area contributed by atoms with Gasteiger partial charge in [0.2, 0.25) is 11.8 Å². The number of hydrogen-bond acceptors (Lipinski definition) is 5. The van der Waals surface area contributed by atoms with Gasteiger partial charge >= 0.3 is 6.03 Å². The Morgan fingerprint density at radius 3 is 2.61 bits per heavy atom. The van der Waals surface area contributed by atoms with Gasteiger partial charge in [-0.1, -0.05) is 5.21 Å². The van der Waals surface area contributed by atoms with Gasteiger partial charge < -0.3 is 0 Å². The SMILES string of the molecule is CC1(C)C(=O)NC(=O)N(CCn2ccnn2)C1=O. The van der Waals surface area contributed by atoms with Crippen molar-refractivity contribution in [2.75, 3.05) is 6.54 Å². The van der Waals surface area contributed by atoms with E-state index < -0.39 is 23.3 Å². The molecular weight excluding hydrogens is 238 g/mol. The molecular formula is C10H13N5O3. The lowest BCUT2D eigenvalue weighted by Gasteiger charge is -2.34. The zero-order valence-electron chi connectivity index (χ0n) is 10.1. The maximum atomic E-state index is 12.0. The molecule has 4 amide bonds. The Labute approximate surface area is 103 Å². The van der Waals surface area contributed by atoms with E-state index in [0.717, 1.165) is 4.90 Å². The van der Waals surface area contributed by atoms with Crippen LogP contribution >= 0.6 is 0 Å². The number of barbiturate groups is 1. The van der Waals surface area contributed by atoms with E-state index in [1.54, 1.807) is 6.20 Å². The van der Waals surface area contributed by atoms with Crippen LogP contribution < -0.4 is 5.32 Å². The second-order valence-corrected chi connectivity index (χ2v) is 4.51. The molecule has 0 unspecified atom stereocenters. The van der Waals surface area contributed by atoms with Crippen molar-refractivity contribution in [2.24, 2.45) is 5.41 Å². The van der Waals surface area contributed by atoms with E-state index in [1.165, 1.54) is 24.7 Å². The number of aromatic nitrogens is 3. The third-order valence-electron chi connectivity index (χ3n) is 2.84. The molecule has 1 fully saturated rings. The number of imide groups is 2. The van der Waals surface area contributed by atoms with E-state index in [-0.39, 0.29) is 6.54 Å².